The molecule has 0 fully saturated rings. The average Bonchev–Trinajstić information content (AvgIpc) is 2.29. The number of allylic oxidation sites excluding steroid dienone is 1. The zero-order valence-electron chi connectivity index (χ0n) is 10.7. The number of ether oxygens (including phenoxy) is 1. The molecule has 0 aromatic rings. The molecule has 0 aliphatic heterocycles. The van der Waals surface area contributed by atoms with Crippen LogP contribution < -0.4 is 0 Å². The standard InChI is InChI=1S/C13H21NO2/c1-5-9-13(10-14,11(6-2)7-3)12(15)16-8-4/h6H,5,7-9H2,1-4H3/b11-6-/t13-/m1/s1. The number of nitriles is 1. The summed E-state index contributed by atoms with van der Waals surface area (Å²) < 4.78 is 5.03. The topological polar surface area (TPSA) is 50.1 Å². The third kappa shape index (κ3) is 2.85. The van der Waals surface area contributed by atoms with Crippen LogP contribution in [0.25, 0.3) is 0 Å². The first-order valence-electron chi connectivity index (χ1n) is 5.86. The molecule has 16 heavy (non-hydrogen) atoms. The van der Waals surface area contributed by atoms with Gasteiger partial charge in [0.1, 0.15) is 0 Å². The second-order valence-electron chi connectivity index (χ2n) is 3.66. The summed E-state index contributed by atoms with van der Waals surface area (Å²) >= 11 is 0. The van der Waals surface area contributed by atoms with Gasteiger partial charge in [-0.05, 0) is 32.3 Å². The van der Waals surface area contributed by atoms with Crippen LogP contribution in [0.5, 0.6) is 0 Å². The molecule has 1 atom stereocenters. The first-order valence-corrected chi connectivity index (χ1v) is 5.86. The van der Waals surface area contributed by atoms with Crippen LogP contribution in [-0.4, -0.2) is 12.6 Å². The molecular weight excluding hydrogens is 202 g/mol. The van der Waals surface area contributed by atoms with E-state index in [4.69, 9.17) is 4.74 Å². The van der Waals surface area contributed by atoms with E-state index in [1.807, 2.05) is 26.8 Å². The first kappa shape index (κ1) is 14.7. The molecule has 90 valence electrons. The fraction of sp³-hybridized carbons (Fsp3) is 0.692. The van der Waals surface area contributed by atoms with E-state index in [2.05, 4.69) is 6.07 Å². The van der Waals surface area contributed by atoms with Gasteiger partial charge in [0.25, 0.3) is 0 Å². The Kier molecular flexibility index (Phi) is 6.48. The maximum Gasteiger partial charge on any atom is 0.330 e. The molecule has 0 heterocycles. The number of hydrogen-bond donors (Lipinski definition) is 0. The lowest BCUT2D eigenvalue weighted by Crippen LogP contribution is -2.33. The fourth-order valence-corrected chi connectivity index (χ4v) is 1.95. The SMILES string of the molecule is C/C=C(/CC)[C@](C#N)(CCC)C(=O)OCC. The van der Waals surface area contributed by atoms with Gasteiger partial charge in [-0.3, -0.25) is 0 Å². The number of nitrogens with zero attached hydrogens (tertiary/aromatic N) is 1. The Bertz CT molecular complexity index is 302. The van der Waals surface area contributed by atoms with Gasteiger partial charge in [0, 0.05) is 0 Å². The highest BCUT2D eigenvalue weighted by Crippen LogP contribution is 2.35. The summed E-state index contributed by atoms with van der Waals surface area (Å²) in [7, 11) is 0. The van der Waals surface area contributed by atoms with Crippen LogP contribution in [0.1, 0.15) is 47.0 Å². The minimum atomic E-state index is -1.08. The second-order valence-corrected chi connectivity index (χ2v) is 3.66. The highest BCUT2D eigenvalue weighted by Gasteiger charge is 2.42. The number of carbonyl (C=O) groups excluding carboxylic acids is 1. The summed E-state index contributed by atoms with van der Waals surface area (Å²) in [6.45, 7) is 7.85. The maximum absolute atomic E-state index is 12.0. The van der Waals surface area contributed by atoms with E-state index >= 15 is 0 Å². The molecule has 0 radical (unpaired) electrons. The third-order valence-electron chi connectivity index (χ3n) is 2.72. The van der Waals surface area contributed by atoms with Crippen LogP contribution in [0.4, 0.5) is 0 Å². The maximum atomic E-state index is 12.0. The zero-order chi connectivity index (χ0) is 12.6. The predicted octanol–water partition coefficient (Wildman–Crippen LogP) is 3.22. The molecule has 0 aromatic carbocycles. The summed E-state index contributed by atoms with van der Waals surface area (Å²) in [6, 6.07) is 2.16. The van der Waals surface area contributed by atoms with Crippen molar-refractivity contribution in [1.82, 2.24) is 0 Å². The molecular formula is C13H21NO2. The van der Waals surface area contributed by atoms with E-state index in [9.17, 15) is 10.1 Å². The van der Waals surface area contributed by atoms with Gasteiger partial charge < -0.3 is 4.74 Å². The van der Waals surface area contributed by atoms with Crippen molar-refractivity contribution in [3.05, 3.63) is 11.6 Å². The van der Waals surface area contributed by atoms with Gasteiger partial charge in [-0.25, -0.2) is 4.79 Å². The molecule has 0 rings (SSSR count). The van der Waals surface area contributed by atoms with Crippen molar-refractivity contribution in [2.24, 2.45) is 5.41 Å². The summed E-state index contributed by atoms with van der Waals surface area (Å²) in [5.74, 6) is -0.408. The van der Waals surface area contributed by atoms with Gasteiger partial charge in [0.2, 0.25) is 0 Å². The molecule has 0 unspecified atom stereocenters. The highest BCUT2D eigenvalue weighted by atomic mass is 16.5. The van der Waals surface area contributed by atoms with Crippen molar-refractivity contribution in [2.45, 2.75) is 47.0 Å². The van der Waals surface area contributed by atoms with Gasteiger partial charge in [-0.1, -0.05) is 26.3 Å². The molecule has 0 bridgehead atoms. The Morgan fingerprint density at radius 2 is 2.06 bits per heavy atom. The van der Waals surface area contributed by atoms with Gasteiger partial charge in [0.05, 0.1) is 12.7 Å². The summed E-state index contributed by atoms with van der Waals surface area (Å²) in [5, 5.41) is 9.35. The van der Waals surface area contributed by atoms with Crippen LogP contribution >= 0.6 is 0 Å². The minimum Gasteiger partial charge on any atom is -0.465 e. The van der Waals surface area contributed by atoms with Crippen molar-refractivity contribution < 1.29 is 9.53 Å². The number of esters is 1. The monoisotopic (exact) mass is 223 g/mol. The fourth-order valence-electron chi connectivity index (χ4n) is 1.95. The van der Waals surface area contributed by atoms with Crippen molar-refractivity contribution in [3.63, 3.8) is 0 Å². The Hall–Kier alpha value is -1.30. The number of carbonyl (C=O) groups is 1. The van der Waals surface area contributed by atoms with E-state index in [1.54, 1.807) is 6.92 Å². The van der Waals surface area contributed by atoms with E-state index in [-0.39, 0.29) is 0 Å². The molecule has 0 aliphatic carbocycles. The lowest BCUT2D eigenvalue weighted by molar-refractivity contribution is -0.150. The lowest BCUT2D eigenvalue weighted by Gasteiger charge is -2.26. The van der Waals surface area contributed by atoms with Crippen molar-refractivity contribution in [2.75, 3.05) is 6.61 Å². The van der Waals surface area contributed by atoms with E-state index in [0.717, 1.165) is 12.0 Å². The number of rotatable bonds is 6. The van der Waals surface area contributed by atoms with Crippen LogP contribution in [0, 0.1) is 16.7 Å². The summed E-state index contributed by atoms with van der Waals surface area (Å²) in [4.78, 5) is 12.0. The zero-order valence-corrected chi connectivity index (χ0v) is 10.7. The minimum absolute atomic E-state index is 0.312. The quantitative estimate of drug-likeness (QED) is 0.513. The molecule has 0 saturated heterocycles. The van der Waals surface area contributed by atoms with E-state index < -0.39 is 11.4 Å². The van der Waals surface area contributed by atoms with Crippen molar-refractivity contribution in [1.29, 1.82) is 5.26 Å². The van der Waals surface area contributed by atoms with Gasteiger partial charge in [-0.15, -0.1) is 0 Å². The average molecular weight is 223 g/mol. The summed E-state index contributed by atoms with van der Waals surface area (Å²) in [5.41, 5.74) is -0.218. The second kappa shape index (κ2) is 7.05. The molecule has 0 aromatic heterocycles. The van der Waals surface area contributed by atoms with E-state index in [0.29, 0.717) is 19.4 Å². The molecule has 0 spiro atoms. The van der Waals surface area contributed by atoms with E-state index in [1.165, 1.54) is 0 Å². The molecule has 0 aliphatic rings. The lowest BCUT2D eigenvalue weighted by atomic mass is 9.76. The largest absolute Gasteiger partial charge is 0.465 e. The van der Waals surface area contributed by atoms with Gasteiger partial charge in [-0.2, -0.15) is 5.26 Å². The smallest absolute Gasteiger partial charge is 0.330 e. The Labute approximate surface area is 98.1 Å². The summed E-state index contributed by atoms with van der Waals surface area (Å²) in [6.07, 6.45) is 3.86. The van der Waals surface area contributed by atoms with Gasteiger partial charge >= 0.3 is 5.97 Å². The van der Waals surface area contributed by atoms with Crippen LogP contribution in [0.15, 0.2) is 11.6 Å². The molecule has 3 nitrogen and oxygen atoms in total. The molecule has 3 heteroatoms. The first-order chi connectivity index (χ1) is 7.62. The Morgan fingerprint density at radius 3 is 2.38 bits per heavy atom. The van der Waals surface area contributed by atoms with Crippen molar-refractivity contribution in [3.8, 4) is 6.07 Å². The Balaban J connectivity index is 5.32. The number of hydrogen-bond acceptors (Lipinski definition) is 3. The highest BCUT2D eigenvalue weighted by molar-refractivity contribution is 5.84. The third-order valence-corrected chi connectivity index (χ3v) is 2.72. The molecule has 0 N–H and O–H groups in total. The normalized spacial score (nSPS) is 15.1. The molecule has 0 saturated carbocycles. The predicted molar refractivity (Wildman–Crippen MR) is 63.6 cm³/mol. The van der Waals surface area contributed by atoms with Crippen LogP contribution in [0.3, 0.4) is 0 Å². The van der Waals surface area contributed by atoms with Crippen LogP contribution in [0.2, 0.25) is 0 Å². The van der Waals surface area contributed by atoms with Crippen molar-refractivity contribution >= 4 is 5.97 Å². The van der Waals surface area contributed by atoms with Gasteiger partial charge in [0.15, 0.2) is 5.41 Å². The van der Waals surface area contributed by atoms with Crippen LogP contribution in [-0.2, 0) is 9.53 Å². The molecule has 0 amide bonds. The Morgan fingerprint density at radius 1 is 1.44 bits per heavy atom.